The van der Waals surface area contributed by atoms with Gasteiger partial charge in [-0.3, -0.25) is 5.10 Å². The Hall–Kier alpha value is -2.73. The number of fused-ring (bicyclic) bond motifs is 1. The Bertz CT molecular complexity index is 1130. The second-order valence-electron chi connectivity index (χ2n) is 7.86. The van der Waals surface area contributed by atoms with Crippen LogP contribution in [0.15, 0.2) is 18.6 Å². The molecule has 0 amide bonds. The average Bonchev–Trinajstić information content (AvgIpc) is 3.33. The van der Waals surface area contributed by atoms with Crippen LogP contribution in [-0.2, 0) is 10.0 Å². The third kappa shape index (κ3) is 3.72. The highest BCUT2D eigenvalue weighted by Crippen LogP contribution is 2.32. The summed E-state index contributed by atoms with van der Waals surface area (Å²) in [6.45, 7) is 0.984. The molecular weight excluding hydrogens is 408 g/mol. The first-order chi connectivity index (χ1) is 14.5. The number of aromatic amines is 1. The summed E-state index contributed by atoms with van der Waals surface area (Å²) in [6, 6.07) is 0.109. The summed E-state index contributed by atoms with van der Waals surface area (Å²) in [5.74, 6) is 1.04. The predicted molar refractivity (Wildman–Crippen MR) is 110 cm³/mol. The van der Waals surface area contributed by atoms with E-state index in [4.69, 9.17) is 4.74 Å². The van der Waals surface area contributed by atoms with E-state index in [0.717, 1.165) is 24.8 Å². The van der Waals surface area contributed by atoms with Crippen molar-refractivity contribution in [3.05, 3.63) is 18.6 Å². The Morgan fingerprint density at radius 3 is 2.63 bits per heavy atom. The van der Waals surface area contributed by atoms with E-state index in [-0.39, 0.29) is 12.1 Å². The van der Waals surface area contributed by atoms with E-state index in [9.17, 15) is 8.42 Å². The van der Waals surface area contributed by atoms with E-state index in [1.807, 2.05) is 0 Å². The lowest BCUT2D eigenvalue weighted by molar-refractivity contribution is 0.112. The smallest absolute Gasteiger partial charge is 0.244 e. The van der Waals surface area contributed by atoms with Crippen molar-refractivity contribution in [2.24, 2.45) is 0 Å². The van der Waals surface area contributed by atoms with Gasteiger partial charge >= 0.3 is 0 Å². The maximum atomic E-state index is 11.7. The summed E-state index contributed by atoms with van der Waals surface area (Å²) in [5.41, 5.74) is 2.08. The second-order valence-corrected chi connectivity index (χ2v) is 9.84. The molecule has 2 N–H and O–H groups in total. The zero-order chi connectivity index (χ0) is 20.7. The number of sulfonamides is 1. The summed E-state index contributed by atoms with van der Waals surface area (Å²) in [6.07, 6.45) is 11.1. The molecule has 0 aromatic carbocycles. The van der Waals surface area contributed by atoms with E-state index in [0.29, 0.717) is 49.1 Å². The molecule has 2 fully saturated rings. The Balaban J connectivity index is 1.40. The zero-order valence-corrected chi connectivity index (χ0v) is 17.5. The Morgan fingerprint density at radius 2 is 2.00 bits per heavy atom. The molecule has 0 bridgehead atoms. The number of nitrogens with zero attached hydrogens (tertiary/aromatic N) is 6. The Labute approximate surface area is 173 Å². The fourth-order valence-electron chi connectivity index (χ4n) is 3.74. The molecule has 1 aliphatic carbocycles. The molecule has 1 saturated heterocycles. The molecule has 160 valence electrons. The number of hydrogen-bond donors (Lipinski definition) is 2. The van der Waals surface area contributed by atoms with E-state index < -0.39 is 10.0 Å². The molecule has 5 rings (SSSR count). The SMILES string of the molecule is CS(=O)(=O)N1CCC(Nc2nc3cnc(-c4cn[nH]c4)c(OC4CCC4)n3n2)CC1. The van der Waals surface area contributed by atoms with E-state index in [1.165, 1.54) is 10.6 Å². The molecule has 0 spiro atoms. The van der Waals surface area contributed by atoms with Crippen molar-refractivity contribution < 1.29 is 13.2 Å². The molecule has 4 heterocycles. The number of hydrogen-bond acceptors (Lipinski definition) is 8. The van der Waals surface area contributed by atoms with Crippen molar-refractivity contribution in [3.8, 4) is 17.1 Å². The second kappa shape index (κ2) is 7.51. The van der Waals surface area contributed by atoms with Gasteiger partial charge in [-0.1, -0.05) is 0 Å². The maximum absolute atomic E-state index is 11.7. The van der Waals surface area contributed by atoms with Gasteiger partial charge in [-0.25, -0.2) is 17.7 Å². The van der Waals surface area contributed by atoms with Gasteiger partial charge in [0.25, 0.3) is 0 Å². The van der Waals surface area contributed by atoms with Crippen molar-refractivity contribution in [2.75, 3.05) is 24.7 Å². The number of aromatic nitrogens is 6. The van der Waals surface area contributed by atoms with Crippen molar-refractivity contribution in [1.82, 2.24) is 34.1 Å². The highest BCUT2D eigenvalue weighted by atomic mass is 32.2. The standard InChI is InChI=1S/C18H24N8O3S/c1-30(27,28)25-7-5-13(6-8-25)22-18-23-15-11-19-16(12-9-20-21-10-12)17(26(15)24-18)29-14-3-2-4-14/h9-11,13-14H,2-8H2,1H3,(H,20,21)(H,22,24). The van der Waals surface area contributed by atoms with Crippen LogP contribution in [0.5, 0.6) is 5.88 Å². The number of piperidine rings is 1. The van der Waals surface area contributed by atoms with Crippen LogP contribution >= 0.6 is 0 Å². The summed E-state index contributed by atoms with van der Waals surface area (Å²) in [7, 11) is -3.15. The van der Waals surface area contributed by atoms with Gasteiger partial charge in [0.1, 0.15) is 11.8 Å². The fraction of sp³-hybridized carbons (Fsp3) is 0.556. The van der Waals surface area contributed by atoms with Crippen LogP contribution in [0.25, 0.3) is 16.9 Å². The molecule has 0 atom stereocenters. The number of nitrogens with one attached hydrogen (secondary N) is 2. The van der Waals surface area contributed by atoms with Gasteiger partial charge in [-0.05, 0) is 32.1 Å². The Morgan fingerprint density at radius 1 is 1.20 bits per heavy atom. The summed E-state index contributed by atoms with van der Waals surface area (Å²) in [4.78, 5) is 9.10. The molecule has 12 heteroatoms. The van der Waals surface area contributed by atoms with E-state index in [1.54, 1.807) is 23.1 Å². The first-order valence-electron chi connectivity index (χ1n) is 10.1. The van der Waals surface area contributed by atoms with E-state index in [2.05, 4.69) is 30.6 Å². The van der Waals surface area contributed by atoms with Gasteiger partial charge in [0.2, 0.25) is 21.9 Å². The van der Waals surface area contributed by atoms with Gasteiger partial charge < -0.3 is 10.1 Å². The van der Waals surface area contributed by atoms with Gasteiger partial charge in [0, 0.05) is 30.9 Å². The van der Waals surface area contributed by atoms with Crippen LogP contribution in [0.1, 0.15) is 32.1 Å². The maximum Gasteiger partial charge on any atom is 0.244 e. The van der Waals surface area contributed by atoms with Gasteiger partial charge in [-0.2, -0.15) is 14.6 Å². The van der Waals surface area contributed by atoms with Crippen molar-refractivity contribution in [2.45, 2.75) is 44.2 Å². The monoisotopic (exact) mass is 432 g/mol. The molecule has 0 unspecified atom stereocenters. The van der Waals surface area contributed by atoms with E-state index >= 15 is 0 Å². The lowest BCUT2D eigenvalue weighted by Crippen LogP contribution is -2.41. The van der Waals surface area contributed by atoms with Crippen LogP contribution in [0, 0.1) is 0 Å². The third-order valence-electron chi connectivity index (χ3n) is 5.69. The first kappa shape index (κ1) is 19.2. The van der Waals surface area contributed by atoms with Crippen LogP contribution in [0.3, 0.4) is 0 Å². The van der Waals surface area contributed by atoms with Crippen molar-refractivity contribution >= 4 is 21.6 Å². The minimum atomic E-state index is -3.15. The summed E-state index contributed by atoms with van der Waals surface area (Å²) >= 11 is 0. The van der Waals surface area contributed by atoms with Gasteiger partial charge in [-0.15, -0.1) is 5.10 Å². The van der Waals surface area contributed by atoms with Crippen LogP contribution in [-0.4, -0.2) is 74.0 Å². The zero-order valence-electron chi connectivity index (χ0n) is 16.7. The summed E-state index contributed by atoms with van der Waals surface area (Å²) in [5, 5.41) is 14.8. The van der Waals surface area contributed by atoms with Crippen LogP contribution in [0.4, 0.5) is 5.95 Å². The number of anilines is 1. The Kier molecular flexibility index (Phi) is 4.82. The fourth-order valence-corrected chi connectivity index (χ4v) is 4.62. The molecular formula is C18H24N8O3S. The lowest BCUT2D eigenvalue weighted by atomic mass is 9.96. The number of H-pyrrole nitrogens is 1. The molecule has 0 radical (unpaired) electrons. The van der Waals surface area contributed by atoms with Crippen molar-refractivity contribution in [3.63, 3.8) is 0 Å². The minimum absolute atomic E-state index is 0.109. The minimum Gasteiger partial charge on any atom is -0.473 e. The molecule has 1 aliphatic heterocycles. The highest BCUT2D eigenvalue weighted by molar-refractivity contribution is 7.88. The van der Waals surface area contributed by atoms with Gasteiger partial charge in [0.15, 0.2) is 5.65 Å². The number of rotatable bonds is 6. The molecule has 11 nitrogen and oxygen atoms in total. The summed E-state index contributed by atoms with van der Waals surface area (Å²) < 4.78 is 32.8. The van der Waals surface area contributed by atoms with Crippen LogP contribution < -0.4 is 10.1 Å². The largest absolute Gasteiger partial charge is 0.473 e. The topological polar surface area (TPSA) is 130 Å². The number of ether oxygens (including phenoxy) is 1. The predicted octanol–water partition coefficient (Wildman–Crippen LogP) is 1.28. The van der Waals surface area contributed by atoms with Gasteiger partial charge in [0.05, 0.1) is 18.6 Å². The first-order valence-corrected chi connectivity index (χ1v) is 12.0. The van der Waals surface area contributed by atoms with Crippen LogP contribution in [0.2, 0.25) is 0 Å². The third-order valence-corrected chi connectivity index (χ3v) is 7.00. The average molecular weight is 433 g/mol. The lowest BCUT2D eigenvalue weighted by Gasteiger charge is -2.30. The normalized spacial score (nSPS) is 19.1. The van der Waals surface area contributed by atoms with Crippen molar-refractivity contribution in [1.29, 1.82) is 0 Å². The molecule has 3 aromatic rings. The molecule has 3 aromatic heterocycles. The molecule has 30 heavy (non-hydrogen) atoms. The molecule has 2 aliphatic rings. The molecule has 1 saturated carbocycles. The quantitative estimate of drug-likeness (QED) is 0.596. The highest BCUT2D eigenvalue weighted by Gasteiger charge is 2.27.